The Morgan fingerprint density at radius 1 is 1.16 bits per heavy atom. The highest BCUT2D eigenvalue weighted by Crippen LogP contribution is 2.36. The van der Waals surface area contributed by atoms with E-state index in [2.05, 4.69) is 6.07 Å². The second-order valence-electron chi connectivity index (χ2n) is 7.86. The standard InChI is InChI=1S/C24H24N4O3/c1-14-9-15(2)23(16(3)10-14)26-22-13-19-18-12-20(29)21(31-4)11-17(18)5-7-27(19)24(30)28(22)8-6-25/h9-13,29H,5,7-8H2,1-4H3. The highest BCUT2D eigenvalue weighted by atomic mass is 16.5. The molecule has 0 amide bonds. The summed E-state index contributed by atoms with van der Waals surface area (Å²) in [6.45, 7) is 6.38. The van der Waals surface area contributed by atoms with Gasteiger partial charge in [-0.3, -0.25) is 9.13 Å². The smallest absolute Gasteiger partial charge is 0.331 e. The first-order valence-electron chi connectivity index (χ1n) is 10.1. The van der Waals surface area contributed by atoms with Gasteiger partial charge in [0.2, 0.25) is 0 Å². The van der Waals surface area contributed by atoms with Gasteiger partial charge in [-0.15, -0.1) is 0 Å². The molecule has 31 heavy (non-hydrogen) atoms. The highest BCUT2D eigenvalue weighted by molar-refractivity contribution is 5.69. The third-order valence-electron chi connectivity index (χ3n) is 5.67. The molecule has 0 radical (unpaired) electrons. The van der Waals surface area contributed by atoms with Crippen molar-refractivity contribution in [3.63, 3.8) is 0 Å². The van der Waals surface area contributed by atoms with Crippen LogP contribution in [0.25, 0.3) is 11.3 Å². The molecular weight excluding hydrogens is 392 g/mol. The summed E-state index contributed by atoms with van der Waals surface area (Å²) >= 11 is 0. The molecule has 0 atom stereocenters. The van der Waals surface area contributed by atoms with Gasteiger partial charge in [-0.25, -0.2) is 9.79 Å². The van der Waals surface area contributed by atoms with Crippen molar-refractivity contribution in [2.24, 2.45) is 4.99 Å². The predicted octanol–water partition coefficient (Wildman–Crippen LogP) is 3.27. The number of rotatable bonds is 3. The maximum Gasteiger partial charge on any atom is 0.331 e. The summed E-state index contributed by atoms with van der Waals surface area (Å²) in [4.78, 5) is 18.1. The van der Waals surface area contributed by atoms with Gasteiger partial charge in [0.1, 0.15) is 12.0 Å². The molecule has 1 aliphatic heterocycles. The van der Waals surface area contributed by atoms with E-state index in [4.69, 9.17) is 9.73 Å². The van der Waals surface area contributed by atoms with Crippen molar-refractivity contribution in [1.29, 1.82) is 5.26 Å². The summed E-state index contributed by atoms with van der Waals surface area (Å²) < 4.78 is 8.27. The molecule has 0 saturated heterocycles. The maximum atomic E-state index is 13.3. The zero-order valence-electron chi connectivity index (χ0n) is 18.1. The molecule has 1 N–H and O–H groups in total. The quantitative estimate of drug-likeness (QED) is 0.709. The maximum absolute atomic E-state index is 13.3. The highest BCUT2D eigenvalue weighted by Gasteiger charge is 2.22. The summed E-state index contributed by atoms with van der Waals surface area (Å²) in [5.41, 5.74) is 6.47. The number of phenolic OH excluding ortho intramolecular Hbond substituents is 1. The van der Waals surface area contributed by atoms with Gasteiger partial charge >= 0.3 is 5.69 Å². The number of phenols is 1. The average molecular weight is 416 g/mol. The Bertz CT molecular complexity index is 1350. The number of benzene rings is 2. The summed E-state index contributed by atoms with van der Waals surface area (Å²) in [5.74, 6) is 0.417. The van der Waals surface area contributed by atoms with Gasteiger partial charge < -0.3 is 9.84 Å². The first-order chi connectivity index (χ1) is 14.8. The molecule has 7 nitrogen and oxygen atoms in total. The fourth-order valence-corrected chi connectivity index (χ4v) is 4.29. The number of aryl methyl sites for hydroxylation is 4. The molecule has 0 unspecified atom stereocenters. The Morgan fingerprint density at radius 3 is 2.52 bits per heavy atom. The van der Waals surface area contributed by atoms with Gasteiger partial charge in [-0.2, -0.15) is 5.26 Å². The molecular formula is C24H24N4O3. The van der Waals surface area contributed by atoms with Crippen LogP contribution in [0.1, 0.15) is 22.3 Å². The van der Waals surface area contributed by atoms with E-state index in [9.17, 15) is 15.2 Å². The largest absolute Gasteiger partial charge is 0.504 e. The van der Waals surface area contributed by atoms with Crippen LogP contribution in [0.5, 0.6) is 11.5 Å². The van der Waals surface area contributed by atoms with Gasteiger partial charge in [0, 0.05) is 18.2 Å². The lowest BCUT2D eigenvalue weighted by Gasteiger charge is -2.23. The Kier molecular flexibility index (Phi) is 5.15. The first kappa shape index (κ1) is 20.5. The number of ether oxygens (including phenoxy) is 1. The van der Waals surface area contributed by atoms with Crippen molar-refractivity contribution < 1.29 is 9.84 Å². The lowest BCUT2D eigenvalue weighted by Crippen LogP contribution is -2.42. The van der Waals surface area contributed by atoms with E-state index in [0.29, 0.717) is 29.9 Å². The lowest BCUT2D eigenvalue weighted by molar-refractivity contribution is 0.372. The molecule has 1 aromatic heterocycles. The molecule has 2 aromatic carbocycles. The minimum Gasteiger partial charge on any atom is -0.504 e. The van der Waals surface area contributed by atoms with Crippen LogP contribution in [-0.2, 0) is 19.5 Å². The molecule has 1 aliphatic rings. The van der Waals surface area contributed by atoms with Crippen LogP contribution in [0, 0.1) is 32.1 Å². The van der Waals surface area contributed by atoms with Gasteiger partial charge in [-0.1, -0.05) is 17.7 Å². The average Bonchev–Trinajstić information content (AvgIpc) is 2.72. The lowest BCUT2D eigenvalue weighted by atomic mass is 9.97. The zero-order chi connectivity index (χ0) is 22.3. The van der Waals surface area contributed by atoms with Crippen molar-refractivity contribution in [1.82, 2.24) is 9.13 Å². The van der Waals surface area contributed by atoms with Crippen LogP contribution < -0.4 is 15.9 Å². The van der Waals surface area contributed by atoms with E-state index < -0.39 is 0 Å². The molecule has 158 valence electrons. The van der Waals surface area contributed by atoms with Gasteiger partial charge in [0.05, 0.1) is 24.6 Å². The monoisotopic (exact) mass is 416 g/mol. The minimum absolute atomic E-state index is 0.0135. The molecule has 0 aliphatic carbocycles. The van der Waals surface area contributed by atoms with E-state index in [0.717, 1.165) is 33.5 Å². The molecule has 0 bridgehead atoms. The Balaban J connectivity index is 2.04. The Hall–Kier alpha value is -3.79. The number of nitrogens with zero attached hydrogens (tertiary/aromatic N) is 4. The van der Waals surface area contributed by atoms with Crippen LogP contribution in [0.15, 0.2) is 40.1 Å². The van der Waals surface area contributed by atoms with Crippen molar-refractivity contribution in [3.05, 3.63) is 68.6 Å². The van der Waals surface area contributed by atoms with E-state index in [1.165, 1.54) is 11.7 Å². The second kappa shape index (κ2) is 7.80. The van der Waals surface area contributed by atoms with Gasteiger partial charge in [-0.05, 0) is 56.0 Å². The van der Waals surface area contributed by atoms with Crippen LogP contribution in [0.4, 0.5) is 5.69 Å². The topological polar surface area (TPSA) is 92.5 Å². The van der Waals surface area contributed by atoms with Crippen molar-refractivity contribution in [3.8, 4) is 28.8 Å². The molecule has 4 rings (SSSR count). The molecule has 2 heterocycles. The SMILES string of the molecule is COc1cc2c(cc1O)-c1cc(=Nc3c(C)cc(C)cc3C)n(CC#N)c(=O)n1CC2. The summed E-state index contributed by atoms with van der Waals surface area (Å²) in [7, 11) is 1.51. The molecule has 0 fully saturated rings. The third-order valence-corrected chi connectivity index (χ3v) is 5.67. The van der Waals surface area contributed by atoms with Crippen LogP contribution in [0.3, 0.4) is 0 Å². The summed E-state index contributed by atoms with van der Waals surface area (Å²) in [6.07, 6.45) is 0.623. The number of aromatic nitrogens is 2. The number of hydrogen-bond acceptors (Lipinski definition) is 5. The number of hydrogen-bond donors (Lipinski definition) is 1. The first-order valence-corrected chi connectivity index (χ1v) is 10.1. The molecule has 3 aromatic rings. The summed E-state index contributed by atoms with van der Waals surface area (Å²) in [5, 5.41) is 19.6. The summed E-state index contributed by atoms with van der Waals surface area (Å²) in [6, 6.07) is 11.4. The Morgan fingerprint density at radius 2 is 1.87 bits per heavy atom. The number of fused-ring (bicyclic) bond motifs is 3. The molecule has 0 spiro atoms. The van der Waals surface area contributed by atoms with Crippen LogP contribution >= 0.6 is 0 Å². The normalized spacial score (nSPS) is 12.8. The third kappa shape index (κ3) is 3.50. The van der Waals surface area contributed by atoms with Gasteiger partial charge in [0.15, 0.2) is 11.5 Å². The fourth-order valence-electron chi connectivity index (χ4n) is 4.29. The van der Waals surface area contributed by atoms with E-state index in [1.54, 1.807) is 16.7 Å². The zero-order valence-corrected chi connectivity index (χ0v) is 18.1. The Labute approximate surface area is 180 Å². The van der Waals surface area contributed by atoms with Crippen LogP contribution in [-0.4, -0.2) is 21.4 Å². The fraction of sp³-hybridized carbons (Fsp3) is 0.292. The second-order valence-corrected chi connectivity index (χ2v) is 7.86. The van der Waals surface area contributed by atoms with Crippen molar-refractivity contribution in [2.45, 2.75) is 40.3 Å². The number of methoxy groups -OCH3 is 1. The minimum atomic E-state index is -0.291. The van der Waals surface area contributed by atoms with Crippen molar-refractivity contribution in [2.75, 3.05) is 7.11 Å². The van der Waals surface area contributed by atoms with E-state index >= 15 is 0 Å². The van der Waals surface area contributed by atoms with Gasteiger partial charge in [0.25, 0.3) is 0 Å². The van der Waals surface area contributed by atoms with E-state index in [1.807, 2.05) is 39.0 Å². The van der Waals surface area contributed by atoms with Crippen LogP contribution in [0.2, 0.25) is 0 Å². The van der Waals surface area contributed by atoms with Crippen molar-refractivity contribution >= 4 is 5.69 Å². The number of nitriles is 1. The molecule has 0 saturated carbocycles. The molecule has 7 heteroatoms. The number of aromatic hydroxyl groups is 1. The predicted molar refractivity (Wildman–Crippen MR) is 118 cm³/mol. The van der Waals surface area contributed by atoms with E-state index in [-0.39, 0.29) is 18.0 Å².